The van der Waals surface area contributed by atoms with E-state index < -0.39 is 47.1 Å². The summed E-state index contributed by atoms with van der Waals surface area (Å²) in [6, 6.07) is 11.2. The summed E-state index contributed by atoms with van der Waals surface area (Å²) in [5.41, 5.74) is 6.30. The molecule has 0 aliphatic rings. The molecule has 0 saturated heterocycles. The number of hydrogen-bond donors (Lipinski definition) is 1. The van der Waals surface area contributed by atoms with Crippen LogP contribution in [-0.4, -0.2) is 10.5 Å². The number of carbonyl (C=O) groups is 1. The molecule has 3 aromatic carbocycles. The first-order chi connectivity index (χ1) is 14.6. The van der Waals surface area contributed by atoms with Crippen LogP contribution in [0.15, 0.2) is 30.3 Å². The van der Waals surface area contributed by atoms with Crippen LogP contribution in [0.25, 0.3) is 21.8 Å². The average molecular weight is 431 g/mol. The molecule has 0 saturated carbocycles. The standard InChI is InChI=1S/C23H16F5N2O/c1-10(2)11-6-7-12-16(8-11)30(15-5-3-4-13(17(12)15)23(29)31)9-14-18(24)20(26)22(28)21(27)19(14)25/h3-6,8,10H,9H2,1-2H3,(H2,29,31). The molecule has 0 aliphatic heterocycles. The largest absolute Gasteiger partial charge is 0.366 e. The third kappa shape index (κ3) is 3.13. The summed E-state index contributed by atoms with van der Waals surface area (Å²) < 4.78 is 71.2. The van der Waals surface area contributed by atoms with Gasteiger partial charge >= 0.3 is 0 Å². The molecule has 0 unspecified atom stereocenters. The molecule has 159 valence electrons. The fraction of sp³-hybridized carbons (Fsp3) is 0.174. The molecular formula is C23H16F5N2O. The monoisotopic (exact) mass is 431 g/mol. The van der Waals surface area contributed by atoms with Crippen molar-refractivity contribution in [3.05, 3.63) is 82.2 Å². The highest BCUT2D eigenvalue weighted by Crippen LogP contribution is 2.35. The van der Waals surface area contributed by atoms with Crippen molar-refractivity contribution in [1.29, 1.82) is 0 Å². The Bertz CT molecular complexity index is 1350. The molecule has 2 N–H and O–H groups in total. The van der Waals surface area contributed by atoms with Crippen LogP contribution < -0.4 is 5.73 Å². The molecular weight excluding hydrogens is 415 g/mol. The van der Waals surface area contributed by atoms with Crippen molar-refractivity contribution >= 4 is 27.7 Å². The van der Waals surface area contributed by atoms with Crippen molar-refractivity contribution in [2.75, 3.05) is 0 Å². The number of amides is 1. The fourth-order valence-corrected chi connectivity index (χ4v) is 3.73. The molecule has 4 rings (SSSR count). The highest BCUT2D eigenvalue weighted by molar-refractivity contribution is 6.17. The Hall–Kier alpha value is -3.42. The van der Waals surface area contributed by atoms with E-state index in [1.165, 1.54) is 16.7 Å². The molecule has 0 atom stereocenters. The first kappa shape index (κ1) is 20.8. The smallest absolute Gasteiger partial charge is 0.249 e. The van der Waals surface area contributed by atoms with Gasteiger partial charge in [-0.1, -0.05) is 26.0 Å². The van der Waals surface area contributed by atoms with E-state index >= 15 is 0 Å². The van der Waals surface area contributed by atoms with Crippen molar-refractivity contribution in [3.63, 3.8) is 0 Å². The fourth-order valence-electron chi connectivity index (χ4n) is 3.73. The summed E-state index contributed by atoms with van der Waals surface area (Å²) in [6.07, 6.45) is 0. The summed E-state index contributed by atoms with van der Waals surface area (Å²) in [5, 5.41) is 0.849. The lowest BCUT2D eigenvalue weighted by atomic mass is 10.00. The molecule has 0 bridgehead atoms. The highest BCUT2D eigenvalue weighted by atomic mass is 19.2. The van der Waals surface area contributed by atoms with Crippen LogP contribution in [0, 0.1) is 35.2 Å². The quantitative estimate of drug-likeness (QED) is 0.257. The maximum Gasteiger partial charge on any atom is 0.249 e. The van der Waals surface area contributed by atoms with Gasteiger partial charge in [-0.15, -0.1) is 0 Å². The normalized spacial score (nSPS) is 11.7. The predicted molar refractivity (Wildman–Crippen MR) is 106 cm³/mol. The van der Waals surface area contributed by atoms with Gasteiger partial charge in [0.15, 0.2) is 23.3 Å². The van der Waals surface area contributed by atoms with Gasteiger partial charge in [-0.2, -0.15) is 0 Å². The summed E-state index contributed by atoms with van der Waals surface area (Å²) in [4.78, 5) is 12.0. The minimum Gasteiger partial charge on any atom is -0.366 e. The number of nitrogens with zero attached hydrogens (tertiary/aromatic N) is 1. The van der Waals surface area contributed by atoms with Crippen LogP contribution in [0.4, 0.5) is 22.0 Å². The Morgan fingerprint density at radius 1 is 1.00 bits per heavy atom. The van der Waals surface area contributed by atoms with Gasteiger partial charge in [-0.3, -0.25) is 4.79 Å². The molecule has 4 aromatic rings. The summed E-state index contributed by atoms with van der Waals surface area (Å²) in [6.45, 7) is 3.21. The SMILES string of the molecule is CC(C)c1c[c]c2c3c(C(N)=O)cccc3n(Cc3c(F)c(F)c(F)c(F)c3F)c2c1. The van der Waals surface area contributed by atoms with E-state index in [1.54, 1.807) is 18.2 Å². The second-order valence-electron chi connectivity index (χ2n) is 7.55. The van der Waals surface area contributed by atoms with Gasteiger partial charge in [-0.05, 0) is 35.7 Å². The van der Waals surface area contributed by atoms with Gasteiger partial charge in [0.05, 0.1) is 17.6 Å². The van der Waals surface area contributed by atoms with E-state index in [2.05, 4.69) is 6.07 Å². The maximum absolute atomic E-state index is 14.4. The van der Waals surface area contributed by atoms with Gasteiger partial charge in [0, 0.05) is 21.9 Å². The molecule has 31 heavy (non-hydrogen) atoms. The zero-order valence-corrected chi connectivity index (χ0v) is 16.5. The highest BCUT2D eigenvalue weighted by Gasteiger charge is 2.27. The minimum absolute atomic E-state index is 0.0805. The number of fused-ring (bicyclic) bond motifs is 3. The van der Waals surface area contributed by atoms with Crippen LogP contribution >= 0.6 is 0 Å². The number of carbonyl (C=O) groups excluding carboxylic acids is 1. The van der Waals surface area contributed by atoms with E-state index in [1.807, 2.05) is 13.8 Å². The molecule has 0 fully saturated rings. The number of rotatable bonds is 4. The Labute approximate surface area is 173 Å². The van der Waals surface area contributed by atoms with Gasteiger partial charge in [-0.25, -0.2) is 22.0 Å². The molecule has 3 nitrogen and oxygen atoms in total. The van der Waals surface area contributed by atoms with Crippen LogP contribution in [0.5, 0.6) is 0 Å². The van der Waals surface area contributed by atoms with Crippen molar-refractivity contribution in [2.24, 2.45) is 5.73 Å². The number of nitrogens with two attached hydrogens (primary N) is 1. The number of aromatic nitrogens is 1. The molecule has 0 aliphatic carbocycles. The Morgan fingerprint density at radius 2 is 1.61 bits per heavy atom. The van der Waals surface area contributed by atoms with Crippen LogP contribution in [-0.2, 0) is 6.54 Å². The lowest BCUT2D eigenvalue weighted by Gasteiger charge is -2.13. The van der Waals surface area contributed by atoms with Crippen molar-refractivity contribution in [1.82, 2.24) is 4.57 Å². The van der Waals surface area contributed by atoms with Crippen LogP contribution in [0.3, 0.4) is 0 Å². The number of benzene rings is 3. The number of hydrogen-bond acceptors (Lipinski definition) is 1. The number of primary amides is 1. The van der Waals surface area contributed by atoms with E-state index in [4.69, 9.17) is 5.73 Å². The average Bonchev–Trinajstić information content (AvgIpc) is 3.06. The molecule has 1 heterocycles. The Morgan fingerprint density at radius 3 is 2.19 bits per heavy atom. The second-order valence-corrected chi connectivity index (χ2v) is 7.55. The van der Waals surface area contributed by atoms with Crippen molar-refractivity contribution in [2.45, 2.75) is 26.3 Å². The van der Waals surface area contributed by atoms with Gasteiger partial charge < -0.3 is 10.3 Å². The first-order valence-corrected chi connectivity index (χ1v) is 9.40. The van der Waals surface area contributed by atoms with Crippen LogP contribution in [0.1, 0.15) is 41.3 Å². The summed E-state index contributed by atoms with van der Waals surface area (Å²) >= 11 is 0. The zero-order valence-electron chi connectivity index (χ0n) is 16.5. The third-order valence-electron chi connectivity index (χ3n) is 5.37. The summed E-state index contributed by atoms with van der Waals surface area (Å²) in [5.74, 6) is -10.7. The second kappa shape index (κ2) is 7.37. The maximum atomic E-state index is 14.4. The van der Waals surface area contributed by atoms with E-state index in [9.17, 15) is 26.7 Å². The van der Waals surface area contributed by atoms with Gasteiger partial charge in [0.2, 0.25) is 11.7 Å². The first-order valence-electron chi connectivity index (χ1n) is 9.40. The molecule has 1 amide bonds. The minimum atomic E-state index is -2.22. The zero-order chi connectivity index (χ0) is 22.6. The molecule has 0 spiro atoms. The van der Waals surface area contributed by atoms with Gasteiger partial charge in [0.25, 0.3) is 0 Å². The molecule has 8 heteroatoms. The third-order valence-corrected chi connectivity index (χ3v) is 5.37. The van der Waals surface area contributed by atoms with Crippen molar-refractivity contribution in [3.8, 4) is 0 Å². The van der Waals surface area contributed by atoms with Crippen LogP contribution in [0.2, 0.25) is 0 Å². The lowest BCUT2D eigenvalue weighted by Crippen LogP contribution is -2.12. The molecule has 1 radical (unpaired) electrons. The van der Waals surface area contributed by atoms with E-state index in [0.717, 1.165) is 5.56 Å². The topological polar surface area (TPSA) is 48.0 Å². The van der Waals surface area contributed by atoms with E-state index in [0.29, 0.717) is 21.8 Å². The van der Waals surface area contributed by atoms with E-state index in [-0.39, 0.29) is 11.5 Å². The lowest BCUT2D eigenvalue weighted by molar-refractivity contribution is 0.100. The summed E-state index contributed by atoms with van der Waals surface area (Å²) in [7, 11) is 0. The predicted octanol–water partition coefficient (Wildman–Crippen LogP) is 5.56. The van der Waals surface area contributed by atoms with Gasteiger partial charge in [0.1, 0.15) is 0 Å². The Kier molecular flexibility index (Phi) is 4.95. The number of halogens is 5. The molecule has 1 aromatic heterocycles. The Balaban J connectivity index is 2.09. The van der Waals surface area contributed by atoms with Crippen molar-refractivity contribution < 1.29 is 26.7 Å².